The number of thiophene rings is 1. The first-order chi connectivity index (χ1) is 12.5. The Morgan fingerprint density at radius 1 is 1.35 bits per heavy atom. The number of ether oxygens (including phenoxy) is 1. The minimum atomic E-state index is -1.01. The van der Waals surface area contributed by atoms with E-state index < -0.39 is 18.0 Å². The lowest BCUT2D eigenvalue weighted by molar-refractivity contribution is -0.123. The first kappa shape index (κ1) is 18.7. The van der Waals surface area contributed by atoms with Crippen LogP contribution < -0.4 is 5.32 Å². The Hall–Kier alpha value is -2.11. The molecule has 0 radical (unpaired) electrons. The van der Waals surface area contributed by atoms with E-state index in [9.17, 15) is 14.9 Å². The van der Waals surface area contributed by atoms with Crippen LogP contribution in [0.25, 0.3) is 0 Å². The van der Waals surface area contributed by atoms with Gasteiger partial charge in [0.15, 0.2) is 10.8 Å². The Balaban J connectivity index is 1.69. The number of furan rings is 1. The Morgan fingerprint density at radius 3 is 2.81 bits per heavy atom. The highest BCUT2D eigenvalue weighted by Crippen LogP contribution is 2.37. The third kappa shape index (κ3) is 4.00. The van der Waals surface area contributed by atoms with Crippen molar-refractivity contribution >= 4 is 44.1 Å². The summed E-state index contributed by atoms with van der Waals surface area (Å²) in [5.41, 5.74) is 1.59. The molecule has 3 rings (SSSR count). The molecule has 2 aromatic heterocycles. The van der Waals surface area contributed by atoms with Crippen LogP contribution >= 0.6 is 27.3 Å². The van der Waals surface area contributed by atoms with E-state index >= 15 is 0 Å². The Kier molecular flexibility index (Phi) is 5.79. The molecule has 2 aromatic rings. The summed E-state index contributed by atoms with van der Waals surface area (Å²) in [5, 5.41) is 12.8. The first-order valence-electron chi connectivity index (χ1n) is 8.31. The number of rotatable bonds is 4. The number of nitriles is 1. The third-order valence-electron chi connectivity index (χ3n) is 4.20. The first-order valence-corrected chi connectivity index (χ1v) is 9.92. The summed E-state index contributed by atoms with van der Waals surface area (Å²) in [6.45, 7) is 1.48. The van der Waals surface area contributed by atoms with Crippen molar-refractivity contribution in [2.45, 2.75) is 45.1 Å². The van der Waals surface area contributed by atoms with Gasteiger partial charge >= 0.3 is 5.97 Å². The summed E-state index contributed by atoms with van der Waals surface area (Å²) in [6.07, 6.45) is 4.09. The van der Waals surface area contributed by atoms with Gasteiger partial charge in [-0.15, -0.1) is 11.3 Å². The molecule has 0 saturated carbocycles. The number of anilines is 1. The van der Waals surface area contributed by atoms with Crippen LogP contribution in [0.15, 0.2) is 21.2 Å². The molecule has 2 heterocycles. The lowest BCUT2D eigenvalue weighted by atomic mass is 10.1. The predicted octanol–water partition coefficient (Wildman–Crippen LogP) is 4.43. The number of amides is 1. The molecule has 0 saturated heterocycles. The molecule has 0 aromatic carbocycles. The number of nitrogens with one attached hydrogen (secondary N) is 1. The fraction of sp³-hybridized carbons (Fsp3) is 0.389. The van der Waals surface area contributed by atoms with Gasteiger partial charge < -0.3 is 14.5 Å². The van der Waals surface area contributed by atoms with E-state index in [1.54, 1.807) is 6.07 Å². The van der Waals surface area contributed by atoms with Crippen molar-refractivity contribution in [3.05, 3.63) is 38.6 Å². The molecule has 1 unspecified atom stereocenters. The number of hydrogen-bond donors (Lipinski definition) is 1. The molecule has 1 aliphatic rings. The molecular weight excluding hydrogens is 420 g/mol. The summed E-state index contributed by atoms with van der Waals surface area (Å²) >= 11 is 4.55. The van der Waals surface area contributed by atoms with Gasteiger partial charge in [-0.05, 0) is 66.2 Å². The van der Waals surface area contributed by atoms with Crippen molar-refractivity contribution in [2.24, 2.45) is 0 Å². The van der Waals surface area contributed by atoms with Crippen molar-refractivity contribution in [1.82, 2.24) is 0 Å². The molecule has 6 nitrogen and oxygen atoms in total. The average molecular weight is 437 g/mol. The number of nitrogens with zero attached hydrogens (tertiary/aromatic N) is 1. The van der Waals surface area contributed by atoms with E-state index in [0.717, 1.165) is 37.7 Å². The van der Waals surface area contributed by atoms with E-state index in [1.165, 1.54) is 29.2 Å². The second-order valence-electron chi connectivity index (χ2n) is 6.02. The highest BCUT2D eigenvalue weighted by Gasteiger charge is 2.25. The number of carbonyl (C=O) groups is 2. The third-order valence-corrected chi connectivity index (χ3v) is 5.83. The number of aryl methyl sites for hydroxylation is 1. The van der Waals surface area contributed by atoms with Crippen LogP contribution in [0.4, 0.5) is 5.00 Å². The molecule has 8 heteroatoms. The van der Waals surface area contributed by atoms with Crippen LogP contribution in [0, 0.1) is 11.3 Å². The fourth-order valence-electron chi connectivity index (χ4n) is 2.86. The van der Waals surface area contributed by atoms with Gasteiger partial charge in [0.05, 0.1) is 5.56 Å². The molecule has 0 spiro atoms. The minimum Gasteiger partial charge on any atom is -0.447 e. The maximum Gasteiger partial charge on any atom is 0.375 e. The molecule has 0 bridgehead atoms. The lowest BCUT2D eigenvalue weighted by Crippen LogP contribution is -2.29. The minimum absolute atomic E-state index is 0.0112. The Bertz CT molecular complexity index is 880. The van der Waals surface area contributed by atoms with Gasteiger partial charge in [0.25, 0.3) is 5.91 Å². The summed E-state index contributed by atoms with van der Waals surface area (Å²) in [7, 11) is 0. The molecule has 26 heavy (non-hydrogen) atoms. The summed E-state index contributed by atoms with van der Waals surface area (Å²) < 4.78 is 10.7. The van der Waals surface area contributed by atoms with E-state index in [1.807, 2.05) is 0 Å². The SMILES string of the molecule is CC(OC(=O)c1ccc(Br)o1)C(=O)Nc1sc2c(c1C#N)CCCCC2. The average Bonchev–Trinajstić information content (AvgIpc) is 3.10. The van der Waals surface area contributed by atoms with E-state index in [-0.39, 0.29) is 5.76 Å². The molecule has 136 valence electrons. The van der Waals surface area contributed by atoms with Crippen molar-refractivity contribution < 1.29 is 18.7 Å². The van der Waals surface area contributed by atoms with E-state index in [0.29, 0.717) is 15.2 Å². The van der Waals surface area contributed by atoms with Gasteiger partial charge in [0, 0.05) is 4.88 Å². The zero-order chi connectivity index (χ0) is 18.7. The molecule has 1 N–H and O–H groups in total. The molecule has 1 atom stereocenters. The highest BCUT2D eigenvalue weighted by molar-refractivity contribution is 9.10. The topological polar surface area (TPSA) is 92.3 Å². The summed E-state index contributed by atoms with van der Waals surface area (Å²) in [5.74, 6) is -1.19. The van der Waals surface area contributed by atoms with Gasteiger partial charge in [-0.25, -0.2) is 4.79 Å². The van der Waals surface area contributed by atoms with Crippen LogP contribution in [0.3, 0.4) is 0 Å². The second-order valence-corrected chi connectivity index (χ2v) is 7.91. The predicted molar refractivity (Wildman–Crippen MR) is 100 cm³/mol. The van der Waals surface area contributed by atoms with Crippen molar-refractivity contribution in [3.8, 4) is 6.07 Å². The van der Waals surface area contributed by atoms with Crippen molar-refractivity contribution in [3.63, 3.8) is 0 Å². The highest BCUT2D eigenvalue weighted by atomic mass is 79.9. The molecular formula is C18H17BrN2O4S. The van der Waals surface area contributed by atoms with Gasteiger partial charge in [-0.1, -0.05) is 6.42 Å². The summed E-state index contributed by atoms with van der Waals surface area (Å²) in [4.78, 5) is 25.5. The van der Waals surface area contributed by atoms with Crippen molar-refractivity contribution in [2.75, 3.05) is 5.32 Å². The maximum absolute atomic E-state index is 12.4. The normalized spacial score (nSPS) is 14.7. The van der Waals surface area contributed by atoms with Crippen molar-refractivity contribution in [1.29, 1.82) is 5.26 Å². The number of fused-ring (bicyclic) bond motifs is 1. The maximum atomic E-state index is 12.4. The largest absolute Gasteiger partial charge is 0.447 e. The standard InChI is InChI=1S/C18H17BrN2O4S/c1-10(24-18(23)13-7-8-15(19)25-13)16(22)21-17-12(9-20)11-5-3-2-4-6-14(11)26-17/h7-8,10H,2-6H2,1H3,(H,21,22). The van der Waals surface area contributed by atoms with Gasteiger partial charge in [-0.2, -0.15) is 5.26 Å². The number of carbonyl (C=O) groups excluding carboxylic acids is 2. The molecule has 1 amide bonds. The number of hydrogen-bond acceptors (Lipinski definition) is 6. The van der Waals surface area contributed by atoms with Crippen LogP contribution in [0.5, 0.6) is 0 Å². The van der Waals surface area contributed by atoms with Crippen LogP contribution in [0.1, 0.15) is 52.7 Å². The molecule has 1 aliphatic carbocycles. The zero-order valence-corrected chi connectivity index (χ0v) is 16.5. The number of halogens is 1. The fourth-order valence-corrected chi connectivity index (χ4v) is 4.41. The van der Waals surface area contributed by atoms with Gasteiger partial charge in [0.1, 0.15) is 11.1 Å². The Morgan fingerprint density at radius 2 is 2.12 bits per heavy atom. The van der Waals surface area contributed by atoms with Crippen LogP contribution in [0.2, 0.25) is 0 Å². The second kappa shape index (κ2) is 8.06. The molecule has 0 fully saturated rings. The van der Waals surface area contributed by atoms with Crippen LogP contribution in [-0.4, -0.2) is 18.0 Å². The van der Waals surface area contributed by atoms with E-state index in [4.69, 9.17) is 9.15 Å². The monoisotopic (exact) mass is 436 g/mol. The lowest BCUT2D eigenvalue weighted by Gasteiger charge is -2.12. The van der Waals surface area contributed by atoms with E-state index in [2.05, 4.69) is 27.3 Å². The van der Waals surface area contributed by atoms with Crippen LogP contribution in [-0.2, 0) is 22.4 Å². The quantitative estimate of drug-likeness (QED) is 0.565. The summed E-state index contributed by atoms with van der Waals surface area (Å²) in [6, 6.07) is 5.24. The zero-order valence-electron chi connectivity index (χ0n) is 14.1. The smallest absolute Gasteiger partial charge is 0.375 e. The number of esters is 1. The Labute approximate surface area is 163 Å². The molecule has 0 aliphatic heterocycles. The van der Waals surface area contributed by atoms with Gasteiger partial charge in [-0.3, -0.25) is 4.79 Å². The van der Waals surface area contributed by atoms with Gasteiger partial charge in [0.2, 0.25) is 5.76 Å².